The third kappa shape index (κ3) is 2.90. The van der Waals surface area contributed by atoms with Gasteiger partial charge >= 0.3 is 5.97 Å². The molecule has 2 aromatic rings. The lowest BCUT2D eigenvalue weighted by molar-refractivity contribution is -0.142. The summed E-state index contributed by atoms with van der Waals surface area (Å²) in [5.74, 6) is -0.988. The average Bonchev–Trinajstić information content (AvgIpc) is 2.75. The third-order valence-electron chi connectivity index (χ3n) is 2.72. The highest BCUT2D eigenvalue weighted by atomic mass is 16.4. The average molecular weight is 248 g/mol. The highest BCUT2D eigenvalue weighted by Gasteiger charge is 2.28. The molecule has 0 spiro atoms. The highest BCUT2D eigenvalue weighted by molar-refractivity contribution is 5.85. The van der Waals surface area contributed by atoms with Gasteiger partial charge in [0.1, 0.15) is 5.54 Å². The van der Waals surface area contributed by atoms with Gasteiger partial charge in [-0.05, 0) is 18.6 Å². The van der Waals surface area contributed by atoms with Gasteiger partial charge in [0.2, 0.25) is 0 Å². The van der Waals surface area contributed by atoms with Crippen LogP contribution in [0.4, 0.5) is 0 Å². The van der Waals surface area contributed by atoms with Crippen molar-refractivity contribution in [1.82, 2.24) is 4.98 Å². The number of nitrogens with one attached hydrogen (secondary N) is 1. The largest absolute Gasteiger partial charge is 0.480 e. The normalized spacial score (nSPS) is 13.6. The molecular weight excluding hydrogens is 228 g/mol. The van der Waals surface area contributed by atoms with E-state index in [4.69, 9.17) is 10.8 Å². The molecule has 1 aromatic carbocycles. The van der Waals surface area contributed by atoms with Gasteiger partial charge in [0.25, 0.3) is 0 Å². The summed E-state index contributed by atoms with van der Waals surface area (Å²) >= 11 is 0. The van der Waals surface area contributed by atoms with Crippen LogP contribution in [0.15, 0.2) is 30.5 Å². The first kappa shape index (κ1) is 14.3. The Balaban J connectivity index is 0.000000771. The summed E-state index contributed by atoms with van der Waals surface area (Å²) < 4.78 is 0. The summed E-state index contributed by atoms with van der Waals surface area (Å²) in [6, 6.07) is 7.77. The van der Waals surface area contributed by atoms with Crippen molar-refractivity contribution >= 4 is 16.9 Å². The molecule has 4 N–H and O–H groups in total. The van der Waals surface area contributed by atoms with Crippen LogP contribution in [0.1, 0.15) is 26.3 Å². The van der Waals surface area contributed by atoms with Crippen molar-refractivity contribution in [2.75, 3.05) is 0 Å². The molecule has 1 unspecified atom stereocenters. The van der Waals surface area contributed by atoms with Crippen LogP contribution in [0.5, 0.6) is 0 Å². The van der Waals surface area contributed by atoms with Gasteiger partial charge in [-0.15, -0.1) is 0 Å². The van der Waals surface area contributed by atoms with E-state index in [9.17, 15) is 4.79 Å². The van der Waals surface area contributed by atoms with E-state index in [2.05, 4.69) is 4.98 Å². The first-order chi connectivity index (χ1) is 8.50. The lowest BCUT2D eigenvalue weighted by Crippen LogP contribution is -2.46. The summed E-state index contributed by atoms with van der Waals surface area (Å²) in [6.07, 6.45) is 2.13. The fourth-order valence-corrected chi connectivity index (χ4v) is 1.75. The van der Waals surface area contributed by atoms with Gasteiger partial charge in [-0.25, -0.2) is 0 Å². The van der Waals surface area contributed by atoms with Gasteiger partial charge in [-0.2, -0.15) is 0 Å². The smallest absolute Gasteiger partial charge is 0.323 e. The predicted molar refractivity (Wildman–Crippen MR) is 73.6 cm³/mol. The zero-order valence-corrected chi connectivity index (χ0v) is 11.0. The minimum atomic E-state index is -1.23. The van der Waals surface area contributed by atoms with Crippen LogP contribution in [-0.2, 0) is 11.2 Å². The summed E-state index contributed by atoms with van der Waals surface area (Å²) in [5.41, 5.74) is 6.43. The molecule has 4 nitrogen and oxygen atoms in total. The number of aliphatic carboxylic acids is 1. The number of nitrogens with two attached hydrogens (primary N) is 1. The zero-order valence-electron chi connectivity index (χ0n) is 11.0. The number of aromatic nitrogens is 1. The maximum absolute atomic E-state index is 10.9. The van der Waals surface area contributed by atoms with Gasteiger partial charge in [-0.3, -0.25) is 4.79 Å². The first-order valence-corrected chi connectivity index (χ1v) is 6.08. The molecule has 2 rings (SSSR count). The number of para-hydroxylation sites is 1. The molecule has 1 aromatic heterocycles. The Morgan fingerprint density at radius 1 is 1.39 bits per heavy atom. The third-order valence-corrected chi connectivity index (χ3v) is 2.72. The molecule has 0 bridgehead atoms. The number of aromatic amines is 1. The summed E-state index contributed by atoms with van der Waals surface area (Å²) in [6.45, 7) is 5.52. The molecule has 0 aliphatic carbocycles. The maximum atomic E-state index is 10.9. The first-order valence-electron chi connectivity index (χ1n) is 6.08. The summed E-state index contributed by atoms with van der Waals surface area (Å²) in [7, 11) is 0. The minimum absolute atomic E-state index is 0.312. The number of carbonyl (C=O) groups is 1. The Labute approximate surface area is 107 Å². The molecule has 18 heavy (non-hydrogen) atoms. The maximum Gasteiger partial charge on any atom is 0.323 e. The molecule has 1 heterocycles. The second kappa shape index (κ2) is 5.69. The molecule has 1 atom stereocenters. The number of benzene rings is 1. The Hall–Kier alpha value is -1.81. The van der Waals surface area contributed by atoms with E-state index in [1.54, 1.807) is 0 Å². The highest BCUT2D eigenvalue weighted by Crippen LogP contribution is 2.21. The monoisotopic (exact) mass is 248 g/mol. The van der Waals surface area contributed by atoms with Crippen molar-refractivity contribution in [2.45, 2.75) is 32.7 Å². The second-order valence-corrected chi connectivity index (χ2v) is 4.26. The van der Waals surface area contributed by atoms with E-state index in [1.807, 2.05) is 44.3 Å². The van der Waals surface area contributed by atoms with E-state index in [0.29, 0.717) is 6.42 Å². The van der Waals surface area contributed by atoms with Gasteiger partial charge in [-0.1, -0.05) is 32.0 Å². The number of carboxylic acid groups (broad SMARTS) is 1. The van der Waals surface area contributed by atoms with Crippen molar-refractivity contribution in [3.05, 3.63) is 36.0 Å². The van der Waals surface area contributed by atoms with Crippen molar-refractivity contribution in [2.24, 2.45) is 5.73 Å². The van der Waals surface area contributed by atoms with Crippen LogP contribution in [0, 0.1) is 0 Å². The quantitative estimate of drug-likeness (QED) is 0.781. The molecule has 0 saturated heterocycles. The van der Waals surface area contributed by atoms with E-state index < -0.39 is 11.5 Å². The number of fused-ring (bicyclic) bond motifs is 1. The van der Waals surface area contributed by atoms with Gasteiger partial charge in [0.15, 0.2) is 0 Å². The van der Waals surface area contributed by atoms with Crippen molar-refractivity contribution < 1.29 is 9.90 Å². The van der Waals surface area contributed by atoms with Crippen LogP contribution >= 0.6 is 0 Å². The lowest BCUT2D eigenvalue weighted by Gasteiger charge is -2.18. The number of hydrogen-bond donors (Lipinski definition) is 3. The predicted octanol–water partition coefficient (Wildman–Crippen LogP) is 2.54. The Morgan fingerprint density at radius 3 is 2.61 bits per heavy atom. The second-order valence-electron chi connectivity index (χ2n) is 4.26. The fraction of sp³-hybridized carbons (Fsp3) is 0.357. The van der Waals surface area contributed by atoms with Crippen LogP contribution in [0.25, 0.3) is 10.9 Å². The molecule has 0 saturated carbocycles. The molecule has 0 aliphatic rings. The standard InChI is InChI=1S/C12H14N2O2.C2H6/c1-12(13,11(15)16)6-8-7-14-10-5-3-2-4-9(8)10;1-2/h2-5,7,14H,6,13H2,1H3,(H,15,16);1-2H3. The topological polar surface area (TPSA) is 79.1 Å². The summed E-state index contributed by atoms with van der Waals surface area (Å²) in [4.78, 5) is 14.0. The van der Waals surface area contributed by atoms with Crippen LogP contribution in [-0.4, -0.2) is 21.6 Å². The molecule has 0 amide bonds. The Kier molecular flexibility index (Phi) is 4.50. The van der Waals surface area contributed by atoms with Crippen molar-refractivity contribution in [3.8, 4) is 0 Å². The molecule has 98 valence electrons. The zero-order chi connectivity index (χ0) is 13.8. The van der Waals surface area contributed by atoms with E-state index in [0.717, 1.165) is 16.5 Å². The number of hydrogen-bond acceptors (Lipinski definition) is 2. The Morgan fingerprint density at radius 2 is 2.00 bits per heavy atom. The molecule has 0 radical (unpaired) electrons. The van der Waals surface area contributed by atoms with E-state index >= 15 is 0 Å². The molecular formula is C14H20N2O2. The lowest BCUT2D eigenvalue weighted by atomic mass is 9.94. The van der Waals surface area contributed by atoms with Crippen molar-refractivity contribution in [1.29, 1.82) is 0 Å². The Bertz CT molecular complexity index is 529. The van der Waals surface area contributed by atoms with Crippen LogP contribution in [0.3, 0.4) is 0 Å². The molecule has 0 fully saturated rings. The minimum Gasteiger partial charge on any atom is -0.480 e. The van der Waals surface area contributed by atoms with Crippen LogP contribution in [0.2, 0.25) is 0 Å². The molecule has 4 heteroatoms. The molecule has 0 aliphatic heterocycles. The SMILES string of the molecule is CC.CC(N)(Cc1c[nH]c2ccccc12)C(=O)O. The van der Waals surface area contributed by atoms with Crippen LogP contribution < -0.4 is 5.73 Å². The fourth-order valence-electron chi connectivity index (χ4n) is 1.75. The number of carboxylic acids is 1. The van der Waals surface area contributed by atoms with Gasteiger partial charge in [0.05, 0.1) is 0 Å². The summed E-state index contributed by atoms with van der Waals surface area (Å²) in [5, 5.41) is 10.0. The van der Waals surface area contributed by atoms with E-state index in [1.165, 1.54) is 6.92 Å². The van der Waals surface area contributed by atoms with Gasteiger partial charge in [0, 0.05) is 23.5 Å². The number of rotatable bonds is 3. The van der Waals surface area contributed by atoms with E-state index in [-0.39, 0.29) is 0 Å². The van der Waals surface area contributed by atoms with Gasteiger partial charge < -0.3 is 15.8 Å². The van der Waals surface area contributed by atoms with Crippen molar-refractivity contribution in [3.63, 3.8) is 0 Å². The number of H-pyrrole nitrogens is 1.